The normalized spacial score (nSPS) is 15.5. The molecule has 0 aliphatic carbocycles. The van der Waals surface area contributed by atoms with Gasteiger partial charge >= 0.3 is 0 Å². The monoisotopic (exact) mass is 382 g/mol. The highest BCUT2D eigenvalue weighted by Crippen LogP contribution is 2.39. The van der Waals surface area contributed by atoms with Crippen LogP contribution in [0.4, 0.5) is 5.82 Å². The van der Waals surface area contributed by atoms with Crippen molar-refractivity contribution < 1.29 is 18.3 Å². The molecule has 0 bridgehead atoms. The standard InChI is InChI=1S/C18H14N4O4S/c1-22-15(18(24)21-14-10-19-8-9-20-14)16(23)13-7-6-11-4-2-3-5-12(11)17(13)27(22,25)26/h2-10,23H,1H3,(H,20,21,24). The van der Waals surface area contributed by atoms with Gasteiger partial charge in [-0.05, 0) is 11.5 Å². The second-order valence-corrected chi connectivity index (χ2v) is 7.78. The highest BCUT2D eigenvalue weighted by molar-refractivity contribution is 7.89. The van der Waals surface area contributed by atoms with Crippen LogP contribution in [-0.2, 0) is 14.8 Å². The molecule has 2 heterocycles. The maximum Gasteiger partial charge on any atom is 0.278 e. The molecule has 0 atom stereocenters. The molecule has 0 radical (unpaired) electrons. The molecule has 2 aromatic carbocycles. The van der Waals surface area contributed by atoms with Crippen molar-refractivity contribution in [2.75, 3.05) is 12.4 Å². The van der Waals surface area contributed by atoms with Crippen LogP contribution in [0.3, 0.4) is 0 Å². The quantitative estimate of drug-likeness (QED) is 0.702. The van der Waals surface area contributed by atoms with E-state index in [1.54, 1.807) is 30.3 Å². The summed E-state index contributed by atoms with van der Waals surface area (Å²) in [5, 5.41) is 14.3. The number of likely N-dealkylation sites (N-methyl/N-ethyl adjacent to an activating group) is 1. The molecule has 3 aromatic rings. The Balaban J connectivity index is 1.91. The maximum atomic E-state index is 13.1. The third kappa shape index (κ3) is 2.59. The van der Waals surface area contributed by atoms with Crippen LogP contribution in [0.25, 0.3) is 16.5 Å². The predicted molar refractivity (Wildman–Crippen MR) is 99.1 cm³/mol. The number of sulfonamides is 1. The van der Waals surface area contributed by atoms with Crippen molar-refractivity contribution in [1.29, 1.82) is 0 Å². The minimum atomic E-state index is -4.05. The molecule has 27 heavy (non-hydrogen) atoms. The molecular weight excluding hydrogens is 368 g/mol. The number of carbonyl (C=O) groups is 1. The Hall–Kier alpha value is -3.46. The van der Waals surface area contributed by atoms with Crippen LogP contribution in [0.1, 0.15) is 5.56 Å². The molecule has 0 saturated carbocycles. The Labute approximate surface area is 154 Å². The number of hydrogen-bond donors (Lipinski definition) is 2. The van der Waals surface area contributed by atoms with Crippen molar-refractivity contribution in [2.45, 2.75) is 4.90 Å². The predicted octanol–water partition coefficient (Wildman–Crippen LogP) is 2.13. The maximum absolute atomic E-state index is 13.1. The van der Waals surface area contributed by atoms with Crippen LogP contribution >= 0.6 is 0 Å². The topological polar surface area (TPSA) is 112 Å². The zero-order valence-electron chi connectivity index (χ0n) is 14.1. The van der Waals surface area contributed by atoms with E-state index < -0.39 is 21.7 Å². The lowest BCUT2D eigenvalue weighted by Gasteiger charge is -2.29. The average molecular weight is 382 g/mol. The van der Waals surface area contributed by atoms with Gasteiger partial charge in [0.1, 0.15) is 4.90 Å². The third-order valence-corrected chi connectivity index (χ3v) is 6.17. The van der Waals surface area contributed by atoms with Gasteiger partial charge in [0.25, 0.3) is 15.9 Å². The fourth-order valence-electron chi connectivity index (χ4n) is 3.03. The number of nitrogens with one attached hydrogen (secondary N) is 1. The number of aromatic nitrogens is 2. The van der Waals surface area contributed by atoms with Gasteiger partial charge in [0.05, 0.1) is 6.20 Å². The zero-order valence-corrected chi connectivity index (χ0v) is 14.9. The Morgan fingerprint density at radius 2 is 1.93 bits per heavy atom. The summed E-state index contributed by atoms with van der Waals surface area (Å²) in [6, 6.07) is 10.1. The minimum absolute atomic E-state index is 0.0309. The van der Waals surface area contributed by atoms with E-state index in [0.29, 0.717) is 10.8 Å². The lowest BCUT2D eigenvalue weighted by molar-refractivity contribution is -0.113. The molecule has 1 amide bonds. The number of aliphatic hydroxyl groups is 1. The summed E-state index contributed by atoms with van der Waals surface area (Å²) in [6.07, 6.45) is 4.13. The van der Waals surface area contributed by atoms with E-state index in [1.807, 2.05) is 0 Å². The first kappa shape index (κ1) is 17.0. The Kier molecular flexibility index (Phi) is 3.81. The summed E-state index contributed by atoms with van der Waals surface area (Å²) in [5.41, 5.74) is -0.306. The summed E-state index contributed by atoms with van der Waals surface area (Å²) in [6.45, 7) is 0. The smallest absolute Gasteiger partial charge is 0.278 e. The van der Waals surface area contributed by atoms with Gasteiger partial charge in [-0.15, -0.1) is 0 Å². The van der Waals surface area contributed by atoms with Gasteiger partial charge in [-0.2, -0.15) is 0 Å². The van der Waals surface area contributed by atoms with Gasteiger partial charge in [0, 0.05) is 30.4 Å². The number of benzene rings is 2. The molecule has 0 fully saturated rings. The minimum Gasteiger partial charge on any atom is -0.505 e. The molecule has 8 nitrogen and oxygen atoms in total. The lowest BCUT2D eigenvalue weighted by Crippen LogP contribution is -2.37. The van der Waals surface area contributed by atoms with Gasteiger partial charge < -0.3 is 10.4 Å². The summed E-state index contributed by atoms with van der Waals surface area (Å²) >= 11 is 0. The summed E-state index contributed by atoms with van der Waals surface area (Å²) in [7, 11) is -2.82. The molecule has 0 unspecified atom stereocenters. The number of nitrogens with zero attached hydrogens (tertiary/aromatic N) is 3. The first-order valence-electron chi connectivity index (χ1n) is 7.93. The Morgan fingerprint density at radius 3 is 2.67 bits per heavy atom. The fraction of sp³-hybridized carbons (Fsp3) is 0.0556. The number of hydrogen-bond acceptors (Lipinski definition) is 6. The van der Waals surface area contributed by atoms with Crippen molar-refractivity contribution in [2.24, 2.45) is 0 Å². The number of aliphatic hydroxyl groups excluding tert-OH is 1. The molecule has 1 aliphatic heterocycles. The summed E-state index contributed by atoms with van der Waals surface area (Å²) in [5.74, 6) is -1.09. The van der Waals surface area contributed by atoms with E-state index in [1.165, 1.54) is 31.7 Å². The van der Waals surface area contributed by atoms with Crippen molar-refractivity contribution in [3.05, 3.63) is 66.2 Å². The SMILES string of the molecule is CN1C(C(=O)Nc2cnccn2)=C(O)c2ccc3ccccc3c2S1(=O)=O. The van der Waals surface area contributed by atoms with E-state index in [2.05, 4.69) is 15.3 Å². The number of rotatable bonds is 2. The van der Waals surface area contributed by atoms with Crippen LogP contribution < -0.4 is 5.32 Å². The molecule has 4 rings (SSSR count). The largest absolute Gasteiger partial charge is 0.505 e. The molecule has 0 spiro atoms. The second-order valence-electron chi connectivity index (χ2n) is 5.88. The van der Waals surface area contributed by atoms with Gasteiger partial charge in [-0.1, -0.05) is 30.3 Å². The molecule has 1 aromatic heterocycles. The fourth-order valence-corrected chi connectivity index (χ4v) is 4.62. The zero-order chi connectivity index (χ0) is 19.2. The molecule has 1 aliphatic rings. The van der Waals surface area contributed by atoms with Crippen molar-refractivity contribution >= 4 is 38.3 Å². The Bertz CT molecular complexity index is 1210. The van der Waals surface area contributed by atoms with E-state index >= 15 is 0 Å². The van der Waals surface area contributed by atoms with E-state index in [9.17, 15) is 18.3 Å². The number of fused-ring (bicyclic) bond motifs is 3. The summed E-state index contributed by atoms with van der Waals surface area (Å²) < 4.78 is 27.0. The number of amides is 1. The number of anilines is 1. The Morgan fingerprint density at radius 1 is 1.15 bits per heavy atom. The molecular formula is C18H14N4O4S. The first-order chi connectivity index (χ1) is 12.9. The van der Waals surface area contributed by atoms with Crippen molar-refractivity contribution in [1.82, 2.24) is 14.3 Å². The van der Waals surface area contributed by atoms with Crippen LogP contribution in [0.5, 0.6) is 0 Å². The van der Waals surface area contributed by atoms with Crippen LogP contribution in [0.15, 0.2) is 65.6 Å². The van der Waals surface area contributed by atoms with Gasteiger partial charge in [0.2, 0.25) is 0 Å². The van der Waals surface area contributed by atoms with Crippen LogP contribution in [-0.4, -0.2) is 40.8 Å². The number of carbonyl (C=O) groups excluding carboxylic acids is 1. The lowest BCUT2D eigenvalue weighted by atomic mass is 10.0. The van der Waals surface area contributed by atoms with Crippen LogP contribution in [0.2, 0.25) is 0 Å². The second kappa shape index (κ2) is 6.06. The van der Waals surface area contributed by atoms with E-state index in [0.717, 1.165) is 4.31 Å². The highest BCUT2D eigenvalue weighted by atomic mass is 32.2. The third-order valence-electron chi connectivity index (χ3n) is 4.31. The van der Waals surface area contributed by atoms with Crippen LogP contribution in [0, 0.1) is 0 Å². The molecule has 2 N–H and O–H groups in total. The van der Waals surface area contributed by atoms with E-state index in [-0.39, 0.29) is 22.0 Å². The first-order valence-corrected chi connectivity index (χ1v) is 9.37. The molecule has 136 valence electrons. The van der Waals surface area contributed by atoms with Gasteiger partial charge in [-0.25, -0.2) is 13.4 Å². The summed E-state index contributed by atoms with van der Waals surface area (Å²) in [4.78, 5) is 20.4. The van der Waals surface area contributed by atoms with E-state index in [4.69, 9.17) is 0 Å². The van der Waals surface area contributed by atoms with Gasteiger partial charge in [0.15, 0.2) is 17.3 Å². The molecule has 0 saturated heterocycles. The van der Waals surface area contributed by atoms with Crippen molar-refractivity contribution in [3.63, 3.8) is 0 Å². The highest BCUT2D eigenvalue weighted by Gasteiger charge is 2.39. The molecule has 9 heteroatoms. The van der Waals surface area contributed by atoms with Crippen molar-refractivity contribution in [3.8, 4) is 0 Å². The average Bonchev–Trinajstić information content (AvgIpc) is 2.66. The van der Waals surface area contributed by atoms with Gasteiger partial charge in [-0.3, -0.25) is 14.1 Å².